The second-order valence-corrected chi connectivity index (χ2v) is 3.61. The maximum absolute atomic E-state index is 5.31. The van der Waals surface area contributed by atoms with Crippen LogP contribution < -0.4 is 5.32 Å². The molecule has 0 saturated carbocycles. The van der Waals surface area contributed by atoms with Crippen molar-refractivity contribution in [3.63, 3.8) is 0 Å². The Labute approximate surface area is 82.0 Å². The molecule has 3 rings (SSSR count). The largest absolute Gasteiger partial charge is 0.353 e. The number of fused-ring (bicyclic) bond motifs is 1. The number of epoxide rings is 1. The van der Waals surface area contributed by atoms with Crippen LogP contribution in [-0.4, -0.2) is 29.5 Å². The van der Waals surface area contributed by atoms with Gasteiger partial charge in [-0.1, -0.05) is 0 Å². The average Bonchev–Trinajstić information content (AvgIpc) is 2.89. The van der Waals surface area contributed by atoms with Crippen molar-refractivity contribution in [3.8, 4) is 0 Å². The lowest BCUT2D eigenvalue weighted by atomic mass is 10.3. The van der Waals surface area contributed by atoms with Crippen LogP contribution in [0.25, 0.3) is 0 Å². The molecule has 0 bridgehead atoms. The van der Waals surface area contributed by atoms with Crippen LogP contribution in [0.5, 0.6) is 0 Å². The van der Waals surface area contributed by atoms with Crippen molar-refractivity contribution in [2.45, 2.75) is 25.5 Å². The summed E-state index contributed by atoms with van der Waals surface area (Å²) in [6.07, 6.45) is 2.04. The molecule has 1 saturated heterocycles. The first kappa shape index (κ1) is 8.40. The molecule has 1 N–H and O–H groups in total. The van der Waals surface area contributed by atoms with Gasteiger partial charge in [-0.15, -0.1) is 0 Å². The first-order valence-electron chi connectivity index (χ1n) is 4.83. The Kier molecular flexibility index (Phi) is 1.83. The third-order valence-electron chi connectivity index (χ3n) is 2.67. The van der Waals surface area contributed by atoms with Crippen molar-refractivity contribution in [2.75, 3.05) is 13.7 Å². The minimum absolute atomic E-state index is 0.0538. The van der Waals surface area contributed by atoms with E-state index in [4.69, 9.17) is 9.47 Å². The van der Waals surface area contributed by atoms with Crippen molar-refractivity contribution in [3.05, 3.63) is 17.7 Å². The summed E-state index contributed by atoms with van der Waals surface area (Å²) in [4.78, 5) is 4.51. The molecule has 2 aliphatic heterocycles. The molecular weight excluding hydrogens is 182 g/mol. The quantitative estimate of drug-likeness (QED) is 0.676. The molecule has 5 heteroatoms. The number of rotatable bonds is 2. The zero-order valence-electron chi connectivity index (χ0n) is 8.06. The molecule has 0 spiro atoms. The van der Waals surface area contributed by atoms with Gasteiger partial charge in [0.05, 0.1) is 12.2 Å². The van der Waals surface area contributed by atoms with Gasteiger partial charge in [-0.25, -0.2) is 4.98 Å². The molecule has 5 nitrogen and oxygen atoms in total. The summed E-state index contributed by atoms with van der Waals surface area (Å²) in [7, 11) is 1.65. The van der Waals surface area contributed by atoms with Crippen LogP contribution >= 0.6 is 0 Å². The van der Waals surface area contributed by atoms with Crippen LogP contribution in [0.1, 0.15) is 17.6 Å². The van der Waals surface area contributed by atoms with Crippen molar-refractivity contribution < 1.29 is 9.47 Å². The van der Waals surface area contributed by atoms with Crippen LogP contribution in [0.4, 0.5) is 0 Å². The molecule has 2 atom stereocenters. The predicted molar refractivity (Wildman–Crippen MR) is 48.6 cm³/mol. The summed E-state index contributed by atoms with van der Waals surface area (Å²) in [6, 6.07) is 0. The molecule has 0 aromatic carbocycles. The number of nitrogens with one attached hydrogen (secondary N) is 1. The van der Waals surface area contributed by atoms with E-state index in [0.717, 1.165) is 31.2 Å². The number of ether oxygens (including phenoxy) is 2. The van der Waals surface area contributed by atoms with Gasteiger partial charge < -0.3 is 19.4 Å². The third kappa shape index (κ3) is 1.25. The lowest BCUT2D eigenvalue weighted by Gasteiger charge is -2.13. The van der Waals surface area contributed by atoms with E-state index in [0.29, 0.717) is 0 Å². The van der Waals surface area contributed by atoms with Gasteiger partial charge in [0.1, 0.15) is 5.82 Å². The van der Waals surface area contributed by atoms with Crippen molar-refractivity contribution >= 4 is 0 Å². The Bertz CT molecular complexity index is 326. The van der Waals surface area contributed by atoms with Crippen LogP contribution in [0.15, 0.2) is 6.20 Å². The van der Waals surface area contributed by atoms with Crippen LogP contribution in [0.2, 0.25) is 0 Å². The highest BCUT2D eigenvalue weighted by Crippen LogP contribution is 2.38. The summed E-state index contributed by atoms with van der Waals surface area (Å²) < 4.78 is 12.6. The number of methoxy groups -OCH3 is 1. The summed E-state index contributed by atoms with van der Waals surface area (Å²) in [5.74, 6) is 1.09. The van der Waals surface area contributed by atoms with Crippen molar-refractivity contribution in [1.82, 2.24) is 14.9 Å². The molecule has 2 aliphatic rings. The highest BCUT2D eigenvalue weighted by molar-refractivity contribution is 5.13. The van der Waals surface area contributed by atoms with Gasteiger partial charge in [0.15, 0.2) is 12.4 Å². The van der Waals surface area contributed by atoms with E-state index in [1.165, 1.54) is 0 Å². The highest BCUT2D eigenvalue weighted by atomic mass is 16.8. The monoisotopic (exact) mass is 195 g/mol. The molecule has 14 heavy (non-hydrogen) atoms. The van der Waals surface area contributed by atoms with Gasteiger partial charge in [0, 0.05) is 26.4 Å². The molecule has 0 amide bonds. The fraction of sp³-hybridized carbons (Fsp3) is 0.667. The topological polar surface area (TPSA) is 51.6 Å². The number of hydrogen-bond donors (Lipinski definition) is 1. The van der Waals surface area contributed by atoms with Gasteiger partial charge in [-0.3, -0.25) is 0 Å². The van der Waals surface area contributed by atoms with E-state index < -0.39 is 0 Å². The zero-order valence-corrected chi connectivity index (χ0v) is 8.06. The van der Waals surface area contributed by atoms with Crippen LogP contribution in [0.3, 0.4) is 0 Å². The molecule has 76 valence electrons. The molecule has 1 aromatic rings. The van der Waals surface area contributed by atoms with E-state index in [2.05, 4.69) is 21.1 Å². The predicted octanol–water partition coefficient (Wildman–Crippen LogP) is 0.0301. The number of nitrogens with zero attached hydrogens (tertiary/aromatic N) is 2. The lowest BCUT2D eigenvalue weighted by molar-refractivity contribution is 0.0950. The average molecular weight is 195 g/mol. The van der Waals surface area contributed by atoms with E-state index in [1.54, 1.807) is 7.11 Å². The van der Waals surface area contributed by atoms with E-state index in [1.807, 2.05) is 0 Å². The van der Waals surface area contributed by atoms with Gasteiger partial charge in [-0.05, 0) is 0 Å². The smallest absolute Gasteiger partial charge is 0.190 e. The number of aromatic nitrogens is 2. The van der Waals surface area contributed by atoms with Crippen LogP contribution in [0, 0.1) is 0 Å². The minimum atomic E-state index is -0.0834. The summed E-state index contributed by atoms with van der Waals surface area (Å²) in [5, 5.41) is 3.28. The molecule has 0 radical (unpaired) electrons. The van der Waals surface area contributed by atoms with Gasteiger partial charge in [0.25, 0.3) is 0 Å². The summed E-state index contributed by atoms with van der Waals surface area (Å²) in [6.45, 7) is 2.86. The Hall–Kier alpha value is -0.910. The molecule has 0 aliphatic carbocycles. The molecular formula is C9H13N3O2. The Morgan fingerprint density at radius 1 is 1.71 bits per heavy atom. The summed E-state index contributed by atoms with van der Waals surface area (Å²) in [5.41, 5.74) is 0.996. The maximum Gasteiger partial charge on any atom is 0.190 e. The normalized spacial score (nSPS) is 30.1. The maximum atomic E-state index is 5.31. The Morgan fingerprint density at radius 3 is 3.36 bits per heavy atom. The van der Waals surface area contributed by atoms with Gasteiger partial charge in [-0.2, -0.15) is 0 Å². The fourth-order valence-corrected chi connectivity index (χ4v) is 1.84. The fourth-order valence-electron chi connectivity index (χ4n) is 1.84. The van der Waals surface area contributed by atoms with E-state index in [-0.39, 0.29) is 12.4 Å². The number of imidazole rings is 1. The molecule has 1 aromatic heterocycles. The van der Waals surface area contributed by atoms with Crippen molar-refractivity contribution in [1.29, 1.82) is 0 Å². The zero-order chi connectivity index (χ0) is 9.54. The second-order valence-electron chi connectivity index (χ2n) is 3.61. The Morgan fingerprint density at radius 2 is 2.64 bits per heavy atom. The lowest BCUT2D eigenvalue weighted by Crippen LogP contribution is -2.27. The number of hydrogen-bond acceptors (Lipinski definition) is 4. The van der Waals surface area contributed by atoms with Crippen LogP contribution in [-0.2, 0) is 22.6 Å². The standard InChI is InChI=1S/C9H13N3O2/c1-13-9-8(14-9)6-5-12-3-2-10-4-7(12)11-6/h5,8-10H,2-4H2,1H3. The van der Waals surface area contributed by atoms with Gasteiger partial charge in [0.2, 0.25) is 0 Å². The minimum Gasteiger partial charge on any atom is -0.353 e. The van der Waals surface area contributed by atoms with E-state index >= 15 is 0 Å². The van der Waals surface area contributed by atoms with Gasteiger partial charge >= 0.3 is 0 Å². The molecule has 2 unspecified atom stereocenters. The highest BCUT2D eigenvalue weighted by Gasteiger charge is 2.42. The Balaban J connectivity index is 1.83. The first-order chi connectivity index (χ1) is 6.88. The third-order valence-corrected chi connectivity index (χ3v) is 2.67. The molecule has 3 heterocycles. The molecule has 1 fully saturated rings. The second kappa shape index (κ2) is 3.05. The first-order valence-corrected chi connectivity index (χ1v) is 4.83. The van der Waals surface area contributed by atoms with E-state index in [9.17, 15) is 0 Å². The van der Waals surface area contributed by atoms with Crippen molar-refractivity contribution in [2.24, 2.45) is 0 Å². The summed E-state index contributed by atoms with van der Waals surface area (Å²) >= 11 is 0. The SMILES string of the molecule is COC1OC1c1cn2c(n1)CNCC2.